The fourth-order valence-corrected chi connectivity index (χ4v) is 3.30. The molecule has 0 amide bonds. The van der Waals surface area contributed by atoms with Gasteiger partial charge in [-0.15, -0.1) is 0 Å². The Labute approximate surface area is 134 Å². The van der Waals surface area contributed by atoms with Gasteiger partial charge in [-0.2, -0.15) is 11.8 Å². The number of hydrogen-bond acceptors (Lipinski definition) is 4. The highest BCUT2D eigenvalue weighted by molar-refractivity contribution is 7.97. The highest BCUT2D eigenvalue weighted by Crippen LogP contribution is 2.24. The lowest BCUT2D eigenvalue weighted by Crippen LogP contribution is -2.32. The smallest absolute Gasteiger partial charge is 0.488 e. The van der Waals surface area contributed by atoms with E-state index < -0.39 is 7.12 Å². The summed E-state index contributed by atoms with van der Waals surface area (Å²) in [6.07, 6.45) is 0. The molecule has 110 valence electrons. The van der Waals surface area contributed by atoms with Gasteiger partial charge in [-0.1, -0.05) is 35.9 Å². The average molecular weight is 323 g/mol. The number of hydrogen-bond donors (Lipinski definition) is 2. The summed E-state index contributed by atoms with van der Waals surface area (Å²) in [5.41, 5.74) is 2.42. The maximum atomic E-state index is 9.41. The SMILES string of the molecule is COc1ccc(B(O)O)c(CSCc2ccccc2Cl)c1. The lowest BCUT2D eigenvalue weighted by Gasteiger charge is -2.11. The average Bonchev–Trinajstić information content (AvgIpc) is 2.48. The molecule has 0 bridgehead atoms. The van der Waals surface area contributed by atoms with Crippen LogP contribution < -0.4 is 10.2 Å². The van der Waals surface area contributed by atoms with E-state index in [1.807, 2.05) is 30.3 Å². The second-order valence-corrected chi connectivity index (χ2v) is 5.92. The first-order chi connectivity index (χ1) is 10.1. The minimum absolute atomic E-state index is 0.502. The third-order valence-electron chi connectivity index (χ3n) is 3.10. The van der Waals surface area contributed by atoms with Gasteiger partial charge in [-0.25, -0.2) is 0 Å². The molecule has 0 spiro atoms. The Bertz CT molecular complexity index is 607. The number of benzene rings is 2. The molecule has 0 saturated carbocycles. The van der Waals surface area contributed by atoms with Crippen molar-refractivity contribution in [2.45, 2.75) is 11.5 Å². The van der Waals surface area contributed by atoms with Crippen LogP contribution in [0.3, 0.4) is 0 Å². The van der Waals surface area contributed by atoms with Gasteiger partial charge >= 0.3 is 7.12 Å². The van der Waals surface area contributed by atoms with Crippen LogP contribution in [0.5, 0.6) is 5.75 Å². The first kappa shape index (κ1) is 16.2. The zero-order valence-corrected chi connectivity index (χ0v) is 13.2. The van der Waals surface area contributed by atoms with E-state index in [0.29, 0.717) is 17.0 Å². The largest absolute Gasteiger partial charge is 0.497 e. The van der Waals surface area contributed by atoms with Crippen molar-refractivity contribution in [2.24, 2.45) is 0 Å². The molecule has 0 aliphatic heterocycles. The summed E-state index contributed by atoms with van der Waals surface area (Å²) >= 11 is 7.78. The van der Waals surface area contributed by atoms with Gasteiger partial charge in [0.1, 0.15) is 5.75 Å². The summed E-state index contributed by atoms with van der Waals surface area (Å²) in [5.74, 6) is 2.11. The maximum absolute atomic E-state index is 9.41. The van der Waals surface area contributed by atoms with Crippen LogP contribution in [0.1, 0.15) is 11.1 Å². The summed E-state index contributed by atoms with van der Waals surface area (Å²) in [6, 6.07) is 12.9. The van der Waals surface area contributed by atoms with Gasteiger partial charge in [-0.3, -0.25) is 0 Å². The van der Waals surface area contributed by atoms with Crippen LogP contribution in [0, 0.1) is 0 Å². The van der Waals surface area contributed by atoms with Crippen LogP contribution in [-0.2, 0) is 11.5 Å². The molecule has 0 saturated heterocycles. The molecule has 6 heteroatoms. The van der Waals surface area contributed by atoms with Crippen molar-refractivity contribution >= 4 is 35.9 Å². The van der Waals surface area contributed by atoms with Crippen LogP contribution in [-0.4, -0.2) is 24.3 Å². The molecule has 0 aliphatic rings. The Hall–Kier alpha value is -1.14. The molecule has 0 aliphatic carbocycles. The highest BCUT2D eigenvalue weighted by Gasteiger charge is 2.16. The zero-order valence-electron chi connectivity index (χ0n) is 11.6. The van der Waals surface area contributed by atoms with Crippen molar-refractivity contribution in [3.05, 3.63) is 58.6 Å². The molecule has 0 aromatic heterocycles. The van der Waals surface area contributed by atoms with Crippen molar-refractivity contribution in [2.75, 3.05) is 7.11 Å². The van der Waals surface area contributed by atoms with Gasteiger partial charge in [0.05, 0.1) is 7.11 Å². The summed E-state index contributed by atoms with van der Waals surface area (Å²) in [4.78, 5) is 0. The predicted molar refractivity (Wildman–Crippen MR) is 89.3 cm³/mol. The number of ether oxygens (including phenoxy) is 1. The van der Waals surface area contributed by atoms with Crippen LogP contribution in [0.15, 0.2) is 42.5 Å². The molecule has 2 aromatic rings. The Balaban J connectivity index is 2.07. The minimum Gasteiger partial charge on any atom is -0.497 e. The Morgan fingerprint density at radius 1 is 1.10 bits per heavy atom. The molecule has 0 atom stereocenters. The standard InChI is InChI=1S/C15H16BClO3S/c1-20-13-6-7-14(16(18)19)12(8-13)10-21-9-11-4-2-3-5-15(11)17/h2-8,18-19H,9-10H2,1H3. The van der Waals surface area contributed by atoms with Crippen molar-refractivity contribution < 1.29 is 14.8 Å². The summed E-state index contributed by atoms with van der Waals surface area (Å²) in [6.45, 7) is 0. The predicted octanol–water partition coefficient (Wildman–Crippen LogP) is 2.46. The topological polar surface area (TPSA) is 49.7 Å². The van der Waals surface area contributed by atoms with Crippen molar-refractivity contribution in [3.63, 3.8) is 0 Å². The number of thioether (sulfide) groups is 1. The second kappa shape index (κ2) is 7.75. The normalized spacial score (nSPS) is 10.5. The molecule has 0 radical (unpaired) electrons. The van der Waals surface area contributed by atoms with Gasteiger partial charge in [0.25, 0.3) is 0 Å². The van der Waals surface area contributed by atoms with Crippen molar-refractivity contribution in [1.29, 1.82) is 0 Å². The minimum atomic E-state index is -1.48. The highest BCUT2D eigenvalue weighted by atomic mass is 35.5. The lowest BCUT2D eigenvalue weighted by atomic mass is 9.77. The van der Waals surface area contributed by atoms with E-state index in [1.54, 1.807) is 31.0 Å². The van der Waals surface area contributed by atoms with E-state index in [9.17, 15) is 10.0 Å². The molecule has 3 nitrogen and oxygen atoms in total. The van der Waals surface area contributed by atoms with Crippen LogP contribution >= 0.6 is 23.4 Å². The zero-order chi connectivity index (χ0) is 15.2. The Morgan fingerprint density at radius 3 is 2.48 bits per heavy atom. The molecular weight excluding hydrogens is 306 g/mol. The third kappa shape index (κ3) is 4.41. The van der Waals surface area contributed by atoms with Crippen molar-refractivity contribution in [3.8, 4) is 5.75 Å². The van der Waals surface area contributed by atoms with Gasteiger partial charge < -0.3 is 14.8 Å². The first-order valence-electron chi connectivity index (χ1n) is 6.46. The quantitative estimate of drug-likeness (QED) is 0.802. The van der Waals surface area contributed by atoms with Crippen molar-refractivity contribution in [1.82, 2.24) is 0 Å². The fourth-order valence-electron chi connectivity index (χ4n) is 1.97. The van der Waals surface area contributed by atoms with E-state index >= 15 is 0 Å². The number of halogens is 1. The lowest BCUT2D eigenvalue weighted by molar-refractivity contribution is 0.413. The maximum Gasteiger partial charge on any atom is 0.488 e. The molecule has 2 N–H and O–H groups in total. The van der Waals surface area contributed by atoms with E-state index in [-0.39, 0.29) is 0 Å². The monoisotopic (exact) mass is 322 g/mol. The van der Waals surface area contributed by atoms with Gasteiger partial charge in [0, 0.05) is 16.5 Å². The first-order valence-corrected chi connectivity index (χ1v) is 7.99. The number of methoxy groups -OCH3 is 1. The molecular formula is C15H16BClO3S. The molecule has 0 unspecified atom stereocenters. The van der Waals surface area contributed by atoms with Crippen LogP contribution in [0.25, 0.3) is 0 Å². The van der Waals surface area contributed by atoms with E-state index in [2.05, 4.69) is 0 Å². The van der Waals surface area contributed by atoms with Gasteiger partial charge in [0.2, 0.25) is 0 Å². The Kier molecular flexibility index (Phi) is 6.00. The molecule has 0 fully saturated rings. The summed E-state index contributed by atoms with van der Waals surface area (Å²) < 4.78 is 5.18. The van der Waals surface area contributed by atoms with E-state index in [0.717, 1.165) is 21.9 Å². The fraction of sp³-hybridized carbons (Fsp3) is 0.200. The van der Waals surface area contributed by atoms with Crippen LogP contribution in [0.2, 0.25) is 5.02 Å². The number of rotatable bonds is 6. The Morgan fingerprint density at radius 2 is 1.81 bits per heavy atom. The second-order valence-electron chi connectivity index (χ2n) is 4.52. The molecule has 2 aromatic carbocycles. The molecule has 21 heavy (non-hydrogen) atoms. The third-order valence-corrected chi connectivity index (χ3v) is 4.50. The van der Waals surface area contributed by atoms with Crippen LogP contribution in [0.4, 0.5) is 0 Å². The van der Waals surface area contributed by atoms with E-state index in [1.165, 1.54) is 0 Å². The summed E-state index contributed by atoms with van der Waals surface area (Å²) in [7, 11) is 0.109. The van der Waals surface area contributed by atoms with E-state index in [4.69, 9.17) is 16.3 Å². The summed E-state index contributed by atoms with van der Waals surface area (Å²) in [5, 5.41) is 19.6. The van der Waals surface area contributed by atoms with Gasteiger partial charge in [0.15, 0.2) is 0 Å². The molecule has 2 rings (SSSR count). The van der Waals surface area contributed by atoms with Gasteiger partial charge in [-0.05, 0) is 34.8 Å². The molecule has 0 heterocycles.